The predicted octanol–water partition coefficient (Wildman–Crippen LogP) is 6.03. The van der Waals surface area contributed by atoms with Crippen LogP contribution in [-0.2, 0) is 32.7 Å². The molecule has 0 spiro atoms. The molecular weight excluding hydrogens is 760 g/mol. The van der Waals surface area contributed by atoms with Crippen molar-refractivity contribution < 1.29 is 34.0 Å². The lowest BCUT2D eigenvalue weighted by atomic mass is 9.69. The molecule has 4 aromatic rings. The minimum Gasteiger partial charge on any atom is -0.506 e. The molecule has 12 nitrogen and oxygen atoms in total. The van der Waals surface area contributed by atoms with Gasteiger partial charge in [0, 0.05) is 56.3 Å². The predicted molar refractivity (Wildman–Crippen MR) is 223 cm³/mol. The Morgan fingerprint density at radius 3 is 2.59 bits per heavy atom. The number of carbonyl (C=O) groups is 2. The SMILES string of the molecule is COc1cc(OCC(=O)N(C)CCCc2cccc(C3(C(=O)O[C@H]4CN5CCC4CC5)CCCCC3)c2)c(Cl)cc1CNCC(O)c1ccc(O)c2[nH]c(=O)ccc12. The van der Waals surface area contributed by atoms with E-state index in [1.807, 2.05) is 0 Å². The number of halogens is 1. The number of methoxy groups -OCH3 is 1. The molecule has 1 amide bonds. The van der Waals surface area contributed by atoms with Crippen LogP contribution in [0.5, 0.6) is 17.2 Å². The molecule has 3 aromatic carbocycles. The van der Waals surface area contributed by atoms with Crippen LogP contribution in [-0.4, -0.2) is 96.5 Å². The number of H-pyrrole nitrogens is 1. The van der Waals surface area contributed by atoms with Crippen LogP contribution in [0.1, 0.15) is 79.7 Å². The smallest absolute Gasteiger partial charge is 0.316 e. The van der Waals surface area contributed by atoms with E-state index < -0.39 is 11.5 Å². The number of likely N-dealkylation sites (N-methyl/N-ethyl adjacent to an activating group) is 1. The van der Waals surface area contributed by atoms with Crippen molar-refractivity contribution in [1.82, 2.24) is 20.1 Å². The molecule has 1 saturated carbocycles. The average molecular weight is 815 g/mol. The number of amides is 1. The Bertz CT molecular complexity index is 2150. The minimum absolute atomic E-state index is 0.00241. The number of rotatable bonds is 16. The summed E-state index contributed by atoms with van der Waals surface area (Å²) < 4.78 is 17.8. The van der Waals surface area contributed by atoms with Gasteiger partial charge in [0.1, 0.15) is 23.4 Å². The number of phenols is 1. The van der Waals surface area contributed by atoms with Gasteiger partial charge in [-0.05, 0) is 92.4 Å². The molecule has 0 radical (unpaired) electrons. The summed E-state index contributed by atoms with van der Waals surface area (Å²) in [6.45, 7) is 3.89. The van der Waals surface area contributed by atoms with Gasteiger partial charge in [-0.25, -0.2) is 0 Å². The summed E-state index contributed by atoms with van der Waals surface area (Å²) >= 11 is 6.60. The van der Waals surface area contributed by atoms with Gasteiger partial charge in [-0.15, -0.1) is 0 Å². The number of hydrogen-bond acceptors (Lipinski definition) is 10. The standard InChI is InChI=1S/C45H55ClN4O8/c1-49(19-7-9-29-8-6-10-32(22-29)45(17-4-3-5-18-45)44(55)58-40-27-50-20-15-30(40)16-21-50)42(54)28-57-39-24-38(56-2)31(23-35(39)46)25-47-26-37(52)33-11-13-36(51)43-34(33)12-14-41(53)48-43/h6,8,10-14,22-24,30,37,40,47,51-52H,3-5,7,9,15-21,25-28H2,1-2H3,(H,48,53)/t37?,40-/m0/s1. The van der Waals surface area contributed by atoms with E-state index in [9.17, 15) is 24.6 Å². The van der Waals surface area contributed by atoms with E-state index in [1.54, 1.807) is 36.2 Å². The molecule has 3 aliphatic heterocycles. The van der Waals surface area contributed by atoms with Crippen LogP contribution in [0.2, 0.25) is 5.02 Å². The van der Waals surface area contributed by atoms with E-state index >= 15 is 0 Å². The van der Waals surface area contributed by atoms with Crippen LogP contribution < -0.4 is 20.3 Å². The molecule has 13 heteroatoms. The van der Waals surface area contributed by atoms with Crippen LogP contribution in [0.15, 0.2) is 65.5 Å². The molecule has 2 atom stereocenters. The van der Waals surface area contributed by atoms with Crippen molar-refractivity contribution in [3.63, 3.8) is 0 Å². The maximum Gasteiger partial charge on any atom is 0.316 e. The maximum atomic E-state index is 14.0. The van der Waals surface area contributed by atoms with Gasteiger partial charge in [-0.1, -0.05) is 61.2 Å². The summed E-state index contributed by atoms with van der Waals surface area (Å²) in [5.41, 5.74) is 2.79. The van der Waals surface area contributed by atoms with Crippen molar-refractivity contribution in [1.29, 1.82) is 0 Å². The summed E-state index contributed by atoms with van der Waals surface area (Å²) in [5, 5.41) is 25.2. The van der Waals surface area contributed by atoms with Crippen LogP contribution in [0.25, 0.3) is 10.9 Å². The normalized spacial score (nSPS) is 20.4. The highest BCUT2D eigenvalue weighted by Crippen LogP contribution is 2.42. The number of benzene rings is 3. The monoisotopic (exact) mass is 814 g/mol. The molecule has 1 unspecified atom stereocenters. The van der Waals surface area contributed by atoms with Gasteiger partial charge in [0.25, 0.3) is 5.91 Å². The molecule has 1 aliphatic carbocycles. The highest BCUT2D eigenvalue weighted by Gasteiger charge is 2.46. The second-order valence-corrected chi connectivity index (χ2v) is 16.6. The number of ether oxygens (including phenoxy) is 3. The van der Waals surface area contributed by atoms with Gasteiger partial charge >= 0.3 is 5.97 Å². The van der Waals surface area contributed by atoms with Crippen molar-refractivity contribution >= 4 is 34.4 Å². The van der Waals surface area contributed by atoms with Crippen LogP contribution in [0.3, 0.4) is 0 Å². The zero-order chi connectivity index (χ0) is 40.8. The number of piperidine rings is 3. The number of phenolic OH excluding ortho intramolecular Hbond substituents is 1. The first-order valence-electron chi connectivity index (χ1n) is 20.5. The van der Waals surface area contributed by atoms with Gasteiger partial charge in [0.15, 0.2) is 6.61 Å². The largest absolute Gasteiger partial charge is 0.506 e. The van der Waals surface area contributed by atoms with Gasteiger partial charge in [-0.3, -0.25) is 19.3 Å². The molecule has 4 N–H and O–H groups in total. The van der Waals surface area contributed by atoms with Gasteiger partial charge in [0.05, 0.1) is 29.2 Å². The Morgan fingerprint density at radius 2 is 1.84 bits per heavy atom. The molecule has 4 aliphatic rings. The van der Waals surface area contributed by atoms with E-state index in [0.29, 0.717) is 46.5 Å². The maximum absolute atomic E-state index is 14.0. The van der Waals surface area contributed by atoms with E-state index in [4.69, 9.17) is 25.8 Å². The molecule has 8 rings (SSSR count). The molecular formula is C45H55ClN4O8. The first-order valence-corrected chi connectivity index (χ1v) is 20.9. The first kappa shape index (κ1) is 41.5. The topological polar surface area (TPSA) is 154 Å². The summed E-state index contributed by atoms with van der Waals surface area (Å²) in [4.78, 5) is 45.6. The summed E-state index contributed by atoms with van der Waals surface area (Å²) in [5.74, 6) is 0.977. The first-order chi connectivity index (χ1) is 28.0. The quantitative estimate of drug-likeness (QED) is 0.0988. The molecule has 3 saturated heterocycles. The zero-order valence-electron chi connectivity index (χ0n) is 33.4. The van der Waals surface area contributed by atoms with Crippen molar-refractivity contribution in [3.8, 4) is 17.2 Å². The molecule has 4 heterocycles. The second-order valence-electron chi connectivity index (χ2n) is 16.2. The second kappa shape index (κ2) is 18.5. The zero-order valence-corrected chi connectivity index (χ0v) is 34.2. The molecule has 4 fully saturated rings. The lowest BCUT2D eigenvalue weighted by molar-refractivity contribution is -0.167. The average Bonchev–Trinajstić information content (AvgIpc) is 3.24. The number of aryl methyl sites for hydroxylation is 1. The molecule has 1 aromatic heterocycles. The Hall–Kier alpha value is -4.62. The number of hydrogen-bond donors (Lipinski definition) is 4. The lowest BCUT2D eigenvalue weighted by Gasteiger charge is -2.45. The Balaban J connectivity index is 0.894. The third-order valence-corrected chi connectivity index (χ3v) is 12.7. The molecule has 310 valence electrons. The van der Waals surface area contributed by atoms with Gasteiger partial charge in [-0.2, -0.15) is 0 Å². The van der Waals surface area contributed by atoms with E-state index in [2.05, 4.69) is 39.5 Å². The van der Waals surface area contributed by atoms with Crippen LogP contribution >= 0.6 is 11.6 Å². The Morgan fingerprint density at radius 1 is 1.05 bits per heavy atom. The number of aliphatic hydroxyl groups excluding tert-OH is 1. The summed E-state index contributed by atoms with van der Waals surface area (Å²) in [6.07, 6.45) is 7.61. The molecule has 2 bridgehead atoms. The number of aromatic nitrogens is 1. The van der Waals surface area contributed by atoms with Crippen molar-refractivity contribution in [2.24, 2.45) is 5.92 Å². The van der Waals surface area contributed by atoms with E-state index in [-0.39, 0.29) is 48.0 Å². The third kappa shape index (κ3) is 9.31. The fourth-order valence-corrected chi connectivity index (χ4v) is 9.24. The Labute approximate surface area is 344 Å². The lowest BCUT2D eigenvalue weighted by Crippen LogP contribution is -2.53. The summed E-state index contributed by atoms with van der Waals surface area (Å²) in [6, 6.07) is 17.8. The van der Waals surface area contributed by atoms with Crippen LogP contribution in [0, 0.1) is 5.92 Å². The summed E-state index contributed by atoms with van der Waals surface area (Å²) in [7, 11) is 3.29. The highest BCUT2D eigenvalue weighted by molar-refractivity contribution is 6.32. The van der Waals surface area contributed by atoms with Crippen molar-refractivity contribution in [2.75, 3.05) is 53.5 Å². The van der Waals surface area contributed by atoms with Gasteiger partial charge in [0.2, 0.25) is 5.56 Å². The number of pyridine rings is 1. The third-order valence-electron chi connectivity index (χ3n) is 12.4. The number of carbonyl (C=O) groups excluding carboxylic acids is 2. The molecule has 58 heavy (non-hydrogen) atoms. The number of esters is 1. The minimum atomic E-state index is -0.935. The van der Waals surface area contributed by atoms with Gasteiger partial charge < -0.3 is 39.6 Å². The fraction of sp³-hybridized carbons (Fsp3) is 0.489. The Kier molecular flexibility index (Phi) is 13.3. The number of aliphatic hydroxyl groups is 1. The van der Waals surface area contributed by atoms with E-state index in [1.165, 1.54) is 19.2 Å². The van der Waals surface area contributed by atoms with Crippen molar-refractivity contribution in [2.45, 2.75) is 82.0 Å². The number of nitrogens with zero attached hydrogens (tertiary/aromatic N) is 2. The fourth-order valence-electron chi connectivity index (χ4n) is 9.00. The number of aromatic amines is 1. The van der Waals surface area contributed by atoms with Crippen LogP contribution in [0.4, 0.5) is 0 Å². The number of nitrogens with one attached hydrogen (secondary N) is 2. The highest BCUT2D eigenvalue weighted by atomic mass is 35.5. The van der Waals surface area contributed by atoms with Crippen molar-refractivity contribution in [3.05, 3.63) is 98.3 Å². The number of fused-ring (bicyclic) bond motifs is 4. The number of aromatic hydroxyl groups is 1. The van der Waals surface area contributed by atoms with E-state index in [0.717, 1.165) is 94.1 Å².